The van der Waals surface area contributed by atoms with Crippen LogP contribution in [0.3, 0.4) is 0 Å². The number of H-pyrrole nitrogens is 2. The van der Waals surface area contributed by atoms with Crippen LogP contribution in [-0.4, -0.2) is 29.2 Å². The zero-order valence-corrected chi connectivity index (χ0v) is 20.6. The molecule has 0 aliphatic carbocycles. The summed E-state index contributed by atoms with van der Waals surface area (Å²) in [4.78, 5) is 30.2. The number of aryl methyl sites for hydroxylation is 2. The summed E-state index contributed by atoms with van der Waals surface area (Å²) in [5.41, 5.74) is 5.71. The maximum Gasteiger partial charge on any atom is 0.274 e. The molecule has 0 atom stereocenters. The van der Waals surface area contributed by atoms with E-state index in [2.05, 4.69) is 20.2 Å². The average Bonchev–Trinajstić information content (AvgIpc) is 3.44. The molecule has 0 unspecified atom stereocenters. The van der Waals surface area contributed by atoms with Gasteiger partial charge in [0.2, 0.25) is 0 Å². The van der Waals surface area contributed by atoms with Gasteiger partial charge in [-0.15, -0.1) is 0 Å². The average molecular weight is 517 g/mol. The molecule has 2 aromatic carbocycles. The highest BCUT2D eigenvalue weighted by molar-refractivity contribution is 6.39. The van der Waals surface area contributed by atoms with Gasteiger partial charge >= 0.3 is 0 Å². The van der Waals surface area contributed by atoms with E-state index in [1.807, 2.05) is 36.4 Å². The third-order valence-corrected chi connectivity index (χ3v) is 6.84. The molecule has 4 aromatic heterocycles. The lowest BCUT2D eigenvalue weighted by Crippen LogP contribution is -2.10. The van der Waals surface area contributed by atoms with Gasteiger partial charge in [0.15, 0.2) is 0 Å². The number of hydrogen-bond acceptors (Lipinski definition) is 4. The second-order valence-electron chi connectivity index (χ2n) is 8.59. The summed E-state index contributed by atoms with van der Waals surface area (Å²) < 4.78 is 3.10. The molecular formula is C26H18Cl2N6O2. The molecule has 0 aliphatic rings. The van der Waals surface area contributed by atoms with Gasteiger partial charge in [-0.1, -0.05) is 59.6 Å². The van der Waals surface area contributed by atoms with Gasteiger partial charge in [0.05, 0.1) is 21.4 Å². The fourth-order valence-corrected chi connectivity index (χ4v) is 5.03. The molecule has 0 saturated carbocycles. The van der Waals surface area contributed by atoms with Crippen LogP contribution >= 0.6 is 23.2 Å². The van der Waals surface area contributed by atoms with E-state index in [0.29, 0.717) is 66.1 Å². The van der Waals surface area contributed by atoms with Gasteiger partial charge < -0.3 is 9.97 Å². The van der Waals surface area contributed by atoms with Gasteiger partial charge in [-0.3, -0.25) is 9.59 Å². The summed E-state index contributed by atoms with van der Waals surface area (Å²) in [5.74, 6) is 0. The maximum atomic E-state index is 12.3. The van der Waals surface area contributed by atoms with Crippen LogP contribution in [0.1, 0.15) is 11.4 Å². The number of nitrogens with zero attached hydrogens (tertiary/aromatic N) is 4. The molecule has 0 amide bonds. The van der Waals surface area contributed by atoms with Crippen LogP contribution in [0.2, 0.25) is 10.0 Å². The molecule has 0 fully saturated rings. The van der Waals surface area contributed by atoms with Crippen molar-refractivity contribution >= 4 is 34.2 Å². The van der Waals surface area contributed by atoms with Crippen molar-refractivity contribution < 1.29 is 0 Å². The van der Waals surface area contributed by atoms with E-state index in [0.717, 1.165) is 0 Å². The third-order valence-electron chi connectivity index (χ3n) is 6.03. The fourth-order valence-electron chi connectivity index (χ4n) is 4.38. The van der Waals surface area contributed by atoms with Crippen molar-refractivity contribution in [3.63, 3.8) is 0 Å². The Morgan fingerprint density at radius 2 is 1.06 bits per heavy atom. The van der Waals surface area contributed by atoms with E-state index in [9.17, 15) is 9.59 Å². The number of aromatic nitrogens is 6. The Hall–Kier alpha value is -4.14. The predicted molar refractivity (Wildman–Crippen MR) is 141 cm³/mol. The zero-order valence-electron chi connectivity index (χ0n) is 19.1. The molecule has 0 saturated heterocycles. The number of nitrogens with one attached hydrogen (secondary N) is 2. The molecule has 4 heterocycles. The quantitative estimate of drug-likeness (QED) is 0.334. The van der Waals surface area contributed by atoms with Gasteiger partial charge in [0, 0.05) is 46.0 Å². The van der Waals surface area contributed by atoms with E-state index < -0.39 is 0 Å². The number of rotatable bonds is 3. The molecule has 0 spiro atoms. The van der Waals surface area contributed by atoms with Crippen molar-refractivity contribution in [1.29, 1.82) is 0 Å². The van der Waals surface area contributed by atoms with E-state index in [4.69, 9.17) is 23.2 Å². The van der Waals surface area contributed by atoms with Gasteiger partial charge in [-0.2, -0.15) is 10.2 Å². The zero-order chi connectivity index (χ0) is 25.1. The largest absolute Gasteiger partial charge is 0.323 e. The molecular weight excluding hydrogens is 499 g/mol. The van der Waals surface area contributed by atoms with E-state index in [1.165, 1.54) is 0 Å². The van der Waals surface area contributed by atoms with Crippen molar-refractivity contribution in [2.75, 3.05) is 0 Å². The van der Waals surface area contributed by atoms with Crippen LogP contribution < -0.4 is 11.1 Å². The molecule has 8 nitrogen and oxygen atoms in total. The minimum atomic E-state index is -0.224. The number of aromatic amines is 2. The van der Waals surface area contributed by atoms with Crippen molar-refractivity contribution in [1.82, 2.24) is 29.2 Å². The van der Waals surface area contributed by atoms with Gasteiger partial charge in [0.25, 0.3) is 11.1 Å². The van der Waals surface area contributed by atoms with E-state index in [-0.39, 0.29) is 11.1 Å². The second kappa shape index (κ2) is 8.22. The SMILES string of the molecule is Cc1cn2nc(-c3cccc(-c4cccc(-c5cc6c(=O)[nH]c(C)cn6n5)c4Cl)c3Cl)cc2c(=O)[nH]1. The molecule has 0 radical (unpaired) electrons. The minimum absolute atomic E-state index is 0.224. The maximum absolute atomic E-state index is 12.3. The first kappa shape index (κ1) is 22.3. The Morgan fingerprint density at radius 1 is 0.667 bits per heavy atom. The van der Waals surface area contributed by atoms with Crippen molar-refractivity contribution in [2.45, 2.75) is 13.8 Å². The summed E-state index contributed by atoms with van der Waals surface area (Å²) in [6.07, 6.45) is 3.50. The Bertz CT molecular complexity index is 1810. The highest BCUT2D eigenvalue weighted by atomic mass is 35.5. The van der Waals surface area contributed by atoms with Crippen LogP contribution in [0.25, 0.3) is 44.7 Å². The standard InChI is InChI=1S/C26H18Cl2N6O2/c1-13-11-33-21(25(35)29-13)9-19(31-33)17-7-3-5-15(23(17)27)16-6-4-8-18(24(16)28)20-10-22-26(36)30-14(2)12-34(22)32-20/h3-12H,1-2H3,(H,29,35)(H,30,36). The second-order valence-corrected chi connectivity index (χ2v) is 9.34. The van der Waals surface area contributed by atoms with Crippen molar-refractivity contribution in [2.24, 2.45) is 0 Å². The van der Waals surface area contributed by atoms with Crippen LogP contribution in [0, 0.1) is 13.8 Å². The van der Waals surface area contributed by atoms with E-state index in [1.54, 1.807) is 47.4 Å². The lowest BCUT2D eigenvalue weighted by atomic mass is 9.98. The first-order chi connectivity index (χ1) is 17.3. The lowest BCUT2D eigenvalue weighted by Gasteiger charge is -2.12. The monoisotopic (exact) mass is 516 g/mol. The Kier molecular flexibility index (Phi) is 5.10. The Balaban J connectivity index is 1.49. The molecule has 6 rings (SSSR count). The minimum Gasteiger partial charge on any atom is -0.323 e. The van der Waals surface area contributed by atoms with Gasteiger partial charge in [0.1, 0.15) is 11.0 Å². The van der Waals surface area contributed by atoms with Crippen LogP contribution in [0.5, 0.6) is 0 Å². The molecule has 0 bridgehead atoms. The molecule has 36 heavy (non-hydrogen) atoms. The molecule has 2 N–H and O–H groups in total. The summed E-state index contributed by atoms with van der Waals surface area (Å²) in [6.45, 7) is 3.59. The summed E-state index contributed by atoms with van der Waals surface area (Å²) in [5, 5.41) is 10.0. The predicted octanol–water partition coefficient (Wildman–Crippen LogP) is 5.28. The summed E-state index contributed by atoms with van der Waals surface area (Å²) in [7, 11) is 0. The highest BCUT2D eigenvalue weighted by Crippen LogP contribution is 2.42. The molecule has 6 aromatic rings. The number of benzene rings is 2. The Labute approximate surface area is 213 Å². The number of halogens is 2. The van der Waals surface area contributed by atoms with Crippen LogP contribution in [-0.2, 0) is 0 Å². The Morgan fingerprint density at radius 3 is 1.47 bits per heavy atom. The first-order valence-electron chi connectivity index (χ1n) is 11.1. The topological polar surface area (TPSA) is 100 Å². The number of hydrogen-bond donors (Lipinski definition) is 2. The highest BCUT2D eigenvalue weighted by Gasteiger charge is 2.19. The summed E-state index contributed by atoms with van der Waals surface area (Å²) >= 11 is 13.8. The smallest absolute Gasteiger partial charge is 0.274 e. The van der Waals surface area contributed by atoms with Crippen molar-refractivity contribution in [3.8, 4) is 33.6 Å². The van der Waals surface area contributed by atoms with E-state index >= 15 is 0 Å². The number of fused-ring (bicyclic) bond motifs is 2. The first-order valence-corrected chi connectivity index (χ1v) is 11.8. The lowest BCUT2D eigenvalue weighted by molar-refractivity contribution is 0.919. The molecule has 10 heteroatoms. The van der Waals surface area contributed by atoms with Crippen LogP contribution in [0.15, 0.2) is 70.5 Å². The fraction of sp³-hybridized carbons (Fsp3) is 0.0769. The molecule has 0 aliphatic heterocycles. The normalized spacial score (nSPS) is 11.6. The van der Waals surface area contributed by atoms with Gasteiger partial charge in [-0.25, -0.2) is 9.03 Å². The third kappa shape index (κ3) is 3.54. The molecule has 178 valence electrons. The van der Waals surface area contributed by atoms with Gasteiger partial charge in [-0.05, 0) is 26.0 Å². The van der Waals surface area contributed by atoms with Crippen LogP contribution in [0.4, 0.5) is 0 Å². The summed E-state index contributed by atoms with van der Waals surface area (Å²) in [6, 6.07) is 14.6. The van der Waals surface area contributed by atoms with Crippen molar-refractivity contribution in [3.05, 3.63) is 103 Å².